The number of pyridine rings is 1. The Morgan fingerprint density at radius 3 is 2.35 bits per heavy atom. The third-order valence-corrected chi connectivity index (χ3v) is 3.60. The zero-order valence-electron chi connectivity index (χ0n) is 11.2. The smallest absolute Gasteiger partial charge is 0.128 e. The molecule has 2 heterocycles. The molecular weight excluding hydrogens is 252 g/mol. The Bertz CT molecular complexity index is 564. The Morgan fingerprint density at radius 2 is 1.65 bits per heavy atom. The highest BCUT2D eigenvalue weighted by molar-refractivity contribution is 5.42. The molecule has 104 valence electrons. The minimum absolute atomic E-state index is 0.433. The van der Waals surface area contributed by atoms with Gasteiger partial charge in [0.1, 0.15) is 5.82 Å². The molecule has 1 saturated heterocycles. The maximum absolute atomic E-state index is 9.61. The van der Waals surface area contributed by atoms with E-state index in [1.54, 1.807) is 0 Å². The number of benzene rings is 1. The summed E-state index contributed by atoms with van der Waals surface area (Å²) in [5.74, 6) is 0.814. The predicted molar refractivity (Wildman–Crippen MR) is 77.7 cm³/mol. The normalized spacial score (nSPS) is 22.2. The van der Waals surface area contributed by atoms with Crippen molar-refractivity contribution in [2.24, 2.45) is 0 Å². The second-order valence-corrected chi connectivity index (χ2v) is 5.19. The van der Waals surface area contributed by atoms with Gasteiger partial charge in [0.2, 0.25) is 0 Å². The highest BCUT2D eigenvalue weighted by Crippen LogP contribution is 2.19. The van der Waals surface area contributed by atoms with Crippen LogP contribution in [-0.2, 0) is 6.42 Å². The van der Waals surface area contributed by atoms with Gasteiger partial charge in [-0.1, -0.05) is 36.4 Å². The molecule has 20 heavy (non-hydrogen) atoms. The van der Waals surface area contributed by atoms with Crippen LogP contribution in [0.2, 0.25) is 0 Å². The Hall–Kier alpha value is -1.91. The molecule has 0 saturated carbocycles. The SMILES string of the molecule is O[C@H]1CN(c2cccc(Cc3ccccc3)n2)C[C@@H]1O. The van der Waals surface area contributed by atoms with E-state index in [1.165, 1.54) is 5.56 Å². The van der Waals surface area contributed by atoms with Crippen LogP contribution in [0, 0.1) is 0 Å². The molecule has 1 aromatic heterocycles. The van der Waals surface area contributed by atoms with Crippen LogP contribution in [0.5, 0.6) is 0 Å². The second-order valence-electron chi connectivity index (χ2n) is 5.19. The first-order valence-corrected chi connectivity index (χ1v) is 6.83. The lowest BCUT2D eigenvalue weighted by Gasteiger charge is -2.17. The molecule has 4 nitrogen and oxygen atoms in total. The molecule has 1 aliphatic heterocycles. The van der Waals surface area contributed by atoms with Gasteiger partial charge in [0, 0.05) is 25.2 Å². The Kier molecular flexibility index (Phi) is 3.67. The minimum Gasteiger partial charge on any atom is -0.389 e. The van der Waals surface area contributed by atoms with Crippen LogP contribution in [0.1, 0.15) is 11.3 Å². The summed E-state index contributed by atoms with van der Waals surface area (Å²) in [5.41, 5.74) is 2.21. The van der Waals surface area contributed by atoms with Crippen LogP contribution < -0.4 is 4.90 Å². The van der Waals surface area contributed by atoms with E-state index >= 15 is 0 Å². The zero-order valence-corrected chi connectivity index (χ0v) is 11.2. The second kappa shape index (κ2) is 5.61. The molecule has 1 aliphatic rings. The van der Waals surface area contributed by atoms with Crippen molar-refractivity contribution < 1.29 is 10.2 Å². The number of aliphatic hydroxyl groups excluding tert-OH is 2. The highest BCUT2D eigenvalue weighted by Gasteiger charge is 2.30. The molecule has 0 aliphatic carbocycles. The van der Waals surface area contributed by atoms with E-state index in [0.29, 0.717) is 13.1 Å². The van der Waals surface area contributed by atoms with Gasteiger partial charge < -0.3 is 15.1 Å². The zero-order chi connectivity index (χ0) is 13.9. The van der Waals surface area contributed by atoms with Crippen molar-refractivity contribution >= 4 is 5.82 Å². The lowest BCUT2D eigenvalue weighted by atomic mass is 10.1. The van der Waals surface area contributed by atoms with Crippen LogP contribution in [0.15, 0.2) is 48.5 Å². The van der Waals surface area contributed by atoms with Gasteiger partial charge in [-0.2, -0.15) is 0 Å². The van der Waals surface area contributed by atoms with Gasteiger partial charge >= 0.3 is 0 Å². The van der Waals surface area contributed by atoms with Crippen LogP contribution >= 0.6 is 0 Å². The van der Waals surface area contributed by atoms with Crippen molar-refractivity contribution in [3.63, 3.8) is 0 Å². The molecular formula is C16H18N2O2. The van der Waals surface area contributed by atoms with Gasteiger partial charge in [0.15, 0.2) is 0 Å². The predicted octanol–water partition coefficient (Wildman–Crippen LogP) is 1.21. The number of β-amino-alcohol motifs (C(OH)–C–C–N with tert-alkyl or cyclic N) is 2. The first kappa shape index (κ1) is 13.1. The summed E-state index contributed by atoms with van der Waals surface area (Å²) in [7, 11) is 0. The summed E-state index contributed by atoms with van der Waals surface area (Å²) in [4.78, 5) is 6.54. The molecule has 1 aromatic carbocycles. The number of rotatable bonds is 3. The Labute approximate surface area is 118 Å². The van der Waals surface area contributed by atoms with E-state index in [1.807, 2.05) is 41.3 Å². The molecule has 1 fully saturated rings. The highest BCUT2D eigenvalue weighted by atomic mass is 16.3. The molecule has 0 amide bonds. The van der Waals surface area contributed by atoms with E-state index in [4.69, 9.17) is 0 Å². The standard InChI is InChI=1S/C16H18N2O2/c19-14-10-18(11-15(14)20)16-8-4-7-13(17-16)9-12-5-2-1-3-6-12/h1-8,14-15,19-20H,9-11H2/t14-,15-/m0/s1. The van der Waals surface area contributed by atoms with Gasteiger partial charge in [-0.3, -0.25) is 0 Å². The number of hydrogen-bond donors (Lipinski definition) is 2. The van der Waals surface area contributed by atoms with Crippen molar-refractivity contribution in [3.05, 3.63) is 59.8 Å². The Morgan fingerprint density at radius 1 is 0.950 bits per heavy atom. The average molecular weight is 270 g/mol. The summed E-state index contributed by atoms with van der Waals surface area (Å²) in [5, 5.41) is 19.2. The van der Waals surface area contributed by atoms with Gasteiger partial charge in [0.25, 0.3) is 0 Å². The fourth-order valence-electron chi connectivity index (χ4n) is 2.50. The molecule has 2 atom stereocenters. The molecule has 0 unspecified atom stereocenters. The van der Waals surface area contributed by atoms with Crippen molar-refractivity contribution in [2.45, 2.75) is 18.6 Å². The largest absolute Gasteiger partial charge is 0.389 e. The molecule has 4 heteroatoms. The van der Waals surface area contributed by atoms with E-state index in [-0.39, 0.29) is 0 Å². The fourth-order valence-corrected chi connectivity index (χ4v) is 2.50. The molecule has 2 aromatic rings. The maximum Gasteiger partial charge on any atom is 0.128 e. The number of anilines is 1. The quantitative estimate of drug-likeness (QED) is 0.880. The summed E-state index contributed by atoms with van der Waals surface area (Å²) in [6, 6.07) is 16.1. The van der Waals surface area contributed by atoms with E-state index < -0.39 is 12.2 Å². The van der Waals surface area contributed by atoms with Crippen LogP contribution in [0.3, 0.4) is 0 Å². The monoisotopic (exact) mass is 270 g/mol. The third kappa shape index (κ3) is 2.81. The molecule has 0 bridgehead atoms. The lowest BCUT2D eigenvalue weighted by Crippen LogP contribution is -2.22. The van der Waals surface area contributed by atoms with Crippen molar-refractivity contribution in [2.75, 3.05) is 18.0 Å². The van der Waals surface area contributed by atoms with E-state index in [0.717, 1.165) is 17.9 Å². The first-order chi connectivity index (χ1) is 9.72. The summed E-state index contributed by atoms with van der Waals surface area (Å²) >= 11 is 0. The van der Waals surface area contributed by atoms with Crippen LogP contribution in [0.4, 0.5) is 5.82 Å². The third-order valence-electron chi connectivity index (χ3n) is 3.60. The number of aliphatic hydroxyl groups is 2. The Balaban J connectivity index is 1.77. The van der Waals surface area contributed by atoms with Gasteiger partial charge in [-0.25, -0.2) is 4.98 Å². The average Bonchev–Trinajstić information content (AvgIpc) is 2.80. The van der Waals surface area contributed by atoms with Crippen molar-refractivity contribution in [1.82, 2.24) is 4.98 Å². The van der Waals surface area contributed by atoms with E-state index in [2.05, 4.69) is 17.1 Å². The molecule has 3 rings (SSSR count). The number of aromatic nitrogens is 1. The van der Waals surface area contributed by atoms with Gasteiger partial charge in [-0.15, -0.1) is 0 Å². The van der Waals surface area contributed by atoms with Crippen molar-refractivity contribution in [1.29, 1.82) is 0 Å². The van der Waals surface area contributed by atoms with E-state index in [9.17, 15) is 10.2 Å². The summed E-state index contributed by atoms with van der Waals surface area (Å²) < 4.78 is 0. The van der Waals surface area contributed by atoms with Crippen molar-refractivity contribution in [3.8, 4) is 0 Å². The first-order valence-electron chi connectivity index (χ1n) is 6.83. The maximum atomic E-state index is 9.61. The molecule has 0 radical (unpaired) electrons. The lowest BCUT2D eigenvalue weighted by molar-refractivity contribution is 0.0572. The van der Waals surface area contributed by atoms with Crippen LogP contribution in [-0.4, -0.2) is 40.5 Å². The molecule has 0 spiro atoms. The van der Waals surface area contributed by atoms with Gasteiger partial charge in [-0.05, 0) is 17.7 Å². The summed E-state index contributed by atoms with van der Waals surface area (Å²) in [6.07, 6.45) is -0.586. The topological polar surface area (TPSA) is 56.6 Å². The number of hydrogen-bond acceptors (Lipinski definition) is 4. The van der Waals surface area contributed by atoms with Crippen LogP contribution in [0.25, 0.3) is 0 Å². The molecule has 2 N–H and O–H groups in total. The van der Waals surface area contributed by atoms with Gasteiger partial charge in [0.05, 0.1) is 12.2 Å². The summed E-state index contributed by atoms with van der Waals surface area (Å²) in [6.45, 7) is 0.867. The fraction of sp³-hybridized carbons (Fsp3) is 0.312. The number of nitrogens with zero attached hydrogens (tertiary/aromatic N) is 2. The minimum atomic E-state index is -0.686.